The van der Waals surface area contributed by atoms with Gasteiger partial charge in [0, 0.05) is 6.54 Å². The molecule has 3 nitrogen and oxygen atoms in total. The van der Waals surface area contributed by atoms with Gasteiger partial charge in [0.15, 0.2) is 0 Å². The highest BCUT2D eigenvalue weighted by atomic mass is 16.4. The highest BCUT2D eigenvalue weighted by Crippen LogP contribution is 2.08. The fourth-order valence-electron chi connectivity index (χ4n) is 1.53. The average Bonchev–Trinajstić information content (AvgIpc) is 2.12. The zero-order chi connectivity index (χ0) is 11.4. The Morgan fingerprint density at radius 2 is 1.87 bits per heavy atom. The molecule has 0 fully saturated rings. The molecule has 0 aromatic heterocycles. The number of carboxylic acid groups (broad SMARTS) is 1. The van der Waals surface area contributed by atoms with Gasteiger partial charge in [0.2, 0.25) is 0 Å². The Morgan fingerprint density at radius 3 is 2.33 bits per heavy atom. The summed E-state index contributed by atoms with van der Waals surface area (Å²) in [5.74, 6) is -0.820. The zero-order valence-corrected chi connectivity index (χ0v) is 9.37. The first kappa shape index (κ1) is 11.7. The van der Waals surface area contributed by atoms with Gasteiger partial charge in [-0.05, 0) is 26.3 Å². The van der Waals surface area contributed by atoms with Gasteiger partial charge in [-0.3, -0.25) is 4.79 Å². The highest BCUT2D eigenvalue weighted by Gasteiger charge is 2.09. The second-order valence-corrected chi connectivity index (χ2v) is 3.94. The van der Waals surface area contributed by atoms with Crippen molar-refractivity contribution >= 4 is 5.97 Å². The first-order valence-corrected chi connectivity index (χ1v) is 5.02. The molecule has 0 aliphatic rings. The standard InChI is InChI=1S/C12H17NO2/c1-8-4-9(2)6-11(5-8)7-13-10(3)12(14)15/h4-6,10,13H,7H2,1-3H3,(H,14,15)/t10-/m1/s1. The SMILES string of the molecule is Cc1cc(C)cc(CN[C@H](C)C(=O)O)c1. The Bertz CT molecular complexity index is 340. The molecular formula is C12H17NO2. The summed E-state index contributed by atoms with van der Waals surface area (Å²) < 4.78 is 0. The van der Waals surface area contributed by atoms with Crippen molar-refractivity contribution in [2.75, 3.05) is 0 Å². The number of carboxylic acids is 1. The minimum atomic E-state index is -0.820. The average molecular weight is 207 g/mol. The molecule has 0 bridgehead atoms. The molecule has 1 atom stereocenters. The fraction of sp³-hybridized carbons (Fsp3) is 0.417. The molecule has 0 radical (unpaired) electrons. The van der Waals surface area contributed by atoms with Crippen molar-refractivity contribution < 1.29 is 9.90 Å². The molecule has 0 amide bonds. The predicted molar refractivity (Wildman–Crippen MR) is 59.9 cm³/mol. The largest absolute Gasteiger partial charge is 0.480 e. The van der Waals surface area contributed by atoms with E-state index < -0.39 is 12.0 Å². The van der Waals surface area contributed by atoms with E-state index in [0.29, 0.717) is 6.54 Å². The molecule has 0 heterocycles. The van der Waals surface area contributed by atoms with Crippen LogP contribution in [0.3, 0.4) is 0 Å². The van der Waals surface area contributed by atoms with Gasteiger partial charge in [-0.25, -0.2) is 0 Å². The minimum Gasteiger partial charge on any atom is -0.480 e. The summed E-state index contributed by atoms with van der Waals surface area (Å²) in [5, 5.41) is 11.7. The molecular weight excluding hydrogens is 190 g/mol. The third-order valence-corrected chi connectivity index (χ3v) is 2.26. The molecule has 0 saturated heterocycles. The number of benzene rings is 1. The van der Waals surface area contributed by atoms with Gasteiger partial charge < -0.3 is 10.4 Å². The second kappa shape index (κ2) is 4.94. The Hall–Kier alpha value is -1.35. The van der Waals surface area contributed by atoms with E-state index in [1.54, 1.807) is 6.92 Å². The Labute approximate surface area is 90.1 Å². The zero-order valence-electron chi connectivity index (χ0n) is 9.37. The highest BCUT2D eigenvalue weighted by molar-refractivity contribution is 5.72. The molecule has 1 rings (SSSR count). The first-order valence-electron chi connectivity index (χ1n) is 5.02. The van der Waals surface area contributed by atoms with E-state index >= 15 is 0 Å². The maximum absolute atomic E-state index is 10.6. The molecule has 0 spiro atoms. The maximum Gasteiger partial charge on any atom is 0.320 e. The summed E-state index contributed by atoms with van der Waals surface area (Å²) in [6.07, 6.45) is 0. The summed E-state index contributed by atoms with van der Waals surface area (Å²) in [7, 11) is 0. The van der Waals surface area contributed by atoms with Crippen LogP contribution in [-0.4, -0.2) is 17.1 Å². The van der Waals surface area contributed by atoms with Gasteiger partial charge >= 0.3 is 5.97 Å². The van der Waals surface area contributed by atoms with Crippen LogP contribution in [0.4, 0.5) is 0 Å². The Morgan fingerprint density at radius 1 is 1.33 bits per heavy atom. The second-order valence-electron chi connectivity index (χ2n) is 3.94. The number of aliphatic carboxylic acids is 1. The molecule has 0 unspecified atom stereocenters. The van der Waals surface area contributed by atoms with Crippen molar-refractivity contribution in [1.82, 2.24) is 5.32 Å². The molecule has 0 aliphatic heterocycles. The van der Waals surface area contributed by atoms with Crippen LogP contribution in [0.2, 0.25) is 0 Å². The van der Waals surface area contributed by atoms with Crippen LogP contribution < -0.4 is 5.32 Å². The van der Waals surface area contributed by atoms with Gasteiger partial charge in [-0.1, -0.05) is 29.3 Å². The molecule has 1 aromatic rings. The van der Waals surface area contributed by atoms with Crippen molar-refractivity contribution in [2.45, 2.75) is 33.4 Å². The number of carbonyl (C=O) groups is 1. The van der Waals surface area contributed by atoms with Crippen LogP contribution in [0, 0.1) is 13.8 Å². The van der Waals surface area contributed by atoms with Crippen LogP contribution in [0.5, 0.6) is 0 Å². The summed E-state index contributed by atoms with van der Waals surface area (Å²) in [4.78, 5) is 10.6. The van der Waals surface area contributed by atoms with Crippen molar-refractivity contribution in [2.24, 2.45) is 0 Å². The van der Waals surface area contributed by atoms with Crippen LogP contribution in [0.25, 0.3) is 0 Å². The third kappa shape index (κ3) is 3.72. The topological polar surface area (TPSA) is 49.3 Å². The molecule has 0 saturated carbocycles. The summed E-state index contributed by atoms with van der Waals surface area (Å²) >= 11 is 0. The maximum atomic E-state index is 10.6. The van der Waals surface area contributed by atoms with E-state index in [2.05, 4.69) is 23.5 Å². The minimum absolute atomic E-state index is 0.509. The summed E-state index contributed by atoms with van der Waals surface area (Å²) in [6, 6.07) is 5.72. The van der Waals surface area contributed by atoms with Crippen LogP contribution >= 0.6 is 0 Å². The smallest absolute Gasteiger partial charge is 0.320 e. The van der Waals surface area contributed by atoms with Crippen molar-refractivity contribution in [3.63, 3.8) is 0 Å². The number of nitrogens with one attached hydrogen (secondary N) is 1. The monoisotopic (exact) mass is 207 g/mol. The van der Waals surface area contributed by atoms with Gasteiger partial charge in [0.1, 0.15) is 6.04 Å². The Kier molecular flexibility index (Phi) is 3.86. The summed E-state index contributed by atoms with van der Waals surface area (Å²) in [5.41, 5.74) is 3.53. The molecule has 82 valence electrons. The van der Waals surface area contributed by atoms with Crippen LogP contribution in [0.15, 0.2) is 18.2 Å². The van der Waals surface area contributed by atoms with E-state index in [1.165, 1.54) is 11.1 Å². The first-order chi connectivity index (χ1) is 6.99. The van der Waals surface area contributed by atoms with Crippen molar-refractivity contribution in [1.29, 1.82) is 0 Å². The van der Waals surface area contributed by atoms with E-state index in [1.807, 2.05) is 13.8 Å². The lowest BCUT2D eigenvalue weighted by Crippen LogP contribution is -2.33. The lowest BCUT2D eigenvalue weighted by Gasteiger charge is -2.10. The van der Waals surface area contributed by atoms with Gasteiger partial charge in [-0.2, -0.15) is 0 Å². The van der Waals surface area contributed by atoms with Gasteiger partial charge in [0.05, 0.1) is 0 Å². The van der Waals surface area contributed by atoms with E-state index in [0.717, 1.165) is 5.56 Å². The number of hydrogen-bond acceptors (Lipinski definition) is 2. The van der Waals surface area contributed by atoms with E-state index in [9.17, 15) is 4.79 Å². The molecule has 15 heavy (non-hydrogen) atoms. The van der Waals surface area contributed by atoms with Gasteiger partial charge in [0.25, 0.3) is 0 Å². The summed E-state index contributed by atoms with van der Waals surface area (Å²) in [6.45, 7) is 6.31. The predicted octanol–water partition coefficient (Wildman–Crippen LogP) is 1.87. The van der Waals surface area contributed by atoms with E-state index in [4.69, 9.17) is 5.11 Å². The lowest BCUT2D eigenvalue weighted by molar-refractivity contribution is -0.139. The van der Waals surface area contributed by atoms with Crippen LogP contribution in [0.1, 0.15) is 23.6 Å². The molecule has 3 heteroatoms. The van der Waals surface area contributed by atoms with Crippen LogP contribution in [-0.2, 0) is 11.3 Å². The lowest BCUT2D eigenvalue weighted by atomic mass is 10.1. The third-order valence-electron chi connectivity index (χ3n) is 2.26. The Balaban J connectivity index is 2.61. The molecule has 2 N–H and O–H groups in total. The van der Waals surface area contributed by atoms with E-state index in [-0.39, 0.29) is 0 Å². The molecule has 1 aromatic carbocycles. The number of aryl methyl sites for hydroxylation is 2. The number of rotatable bonds is 4. The fourth-order valence-corrected chi connectivity index (χ4v) is 1.53. The van der Waals surface area contributed by atoms with Crippen molar-refractivity contribution in [3.8, 4) is 0 Å². The quantitative estimate of drug-likeness (QED) is 0.792. The van der Waals surface area contributed by atoms with Gasteiger partial charge in [-0.15, -0.1) is 0 Å². The normalized spacial score (nSPS) is 12.5. The van der Waals surface area contributed by atoms with Crippen molar-refractivity contribution in [3.05, 3.63) is 34.9 Å². The number of hydrogen-bond donors (Lipinski definition) is 2. The molecule has 0 aliphatic carbocycles.